The highest BCUT2D eigenvalue weighted by Crippen LogP contribution is 2.20. The summed E-state index contributed by atoms with van der Waals surface area (Å²) in [6.07, 6.45) is 0. The van der Waals surface area contributed by atoms with Gasteiger partial charge in [0.25, 0.3) is 0 Å². The van der Waals surface area contributed by atoms with Crippen molar-refractivity contribution < 1.29 is 4.52 Å². The number of aromatic nitrogens is 4. The van der Waals surface area contributed by atoms with Crippen LogP contribution >= 0.6 is 23.4 Å². The van der Waals surface area contributed by atoms with Gasteiger partial charge in [-0.1, -0.05) is 57.2 Å². The third kappa shape index (κ3) is 3.10. The summed E-state index contributed by atoms with van der Waals surface area (Å²) in [5, 5.41) is 6.60. The Bertz CT molecular complexity index is 1140. The molecule has 0 fully saturated rings. The Labute approximate surface area is 152 Å². The average molecular weight is 370 g/mol. The SMILES string of the molecule is Cc1nc2ccccc2c2c(=O)[nH]c(SCc3ccc(Cl)cc3)n[n+]12. The molecule has 124 valence electrons. The van der Waals surface area contributed by atoms with E-state index < -0.39 is 0 Å². The number of nitrogens with one attached hydrogen (secondary N) is 1. The number of nitrogens with zero attached hydrogens (tertiary/aromatic N) is 3. The molecule has 0 atom stereocenters. The Morgan fingerprint density at radius 3 is 2.72 bits per heavy atom. The molecule has 25 heavy (non-hydrogen) atoms. The highest BCUT2D eigenvalue weighted by Gasteiger charge is 2.19. The molecule has 0 radical (unpaired) electrons. The zero-order valence-corrected chi connectivity index (χ0v) is 14.9. The van der Waals surface area contributed by atoms with Crippen molar-refractivity contribution in [3.05, 3.63) is 75.3 Å². The van der Waals surface area contributed by atoms with Crippen LogP contribution in [0.3, 0.4) is 0 Å². The van der Waals surface area contributed by atoms with Gasteiger partial charge in [-0.2, -0.15) is 0 Å². The van der Waals surface area contributed by atoms with E-state index in [1.165, 1.54) is 11.8 Å². The molecule has 2 aromatic carbocycles. The summed E-state index contributed by atoms with van der Waals surface area (Å²) in [5.41, 5.74) is 2.23. The normalized spacial score (nSPS) is 11.3. The lowest BCUT2D eigenvalue weighted by molar-refractivity contribution is -0.596. The number of thioether (sulfide) groups is 1. The number of para-hydroxylation sites is 1. The minimum Gasteiger partial charge on any atom is -0.295 e. The lowest BCUT2D eigenvalue weighted by atomic mass is 10.2. The summed E-state index contributed by atoms with van der Waals surface area (Å²) in [4.78, 5) is 20.1. The van der Waals surface area contributed by atoms with Gasteiger partial charge in [0.1, 0.15) is 0 Å². The Morgan fingerprint density at radius 2 is 1.92 bits per heavy atom. The molecule has 0 aliphatic carbocycles. The molecule has 7 heteroatoms. The van der Waals surface area contributed by atoms with E-state index in [-0.39, 0.29) is 5.56 Å². The minimum atomic E-state index is -0.171. The van der Waals surface area contributed by atoms with Gasteiger partial charge in [0.2, 0.25) is 10.7 Å². The molecule has 0 saturated carbocycles. The van der Waals surface area contributed by atoms with Gasteiger partial charge in [-0.15, -0.1) is 0 Å². The standard InChI is InChI=1S/C18H13ClN4OS/c1-11-20-15-5-3-2-4-14(15)16-17(24)21-18(22-23(11)16)25-10-12-6-8-13(19)9-7-12/h2-9H,10H2,1H3/p+1. The fourth-order valence-electron chi connectivity index (χ4n) is 2.68. The number of H-pyrrole nitrogens is 1. The van der Waals surface area contributed by atoms with E-state index in [9.17, 15) is 4.79 Å². The second-order valence-electron chi connectivity index (χ2n) is 5.61. The van der Waals surface area contributed by atoms with Crippen LogP contribution in [0.2, 0.25) is 5.02 Å². The minimum absolute atomic E-state index is 0.171. The summed E-state index contributed by atoms with van der Waals surface area (Å²) >= 11 is 7.37. The van der Waals surface area contributed by atoms with Crippen molar-refractivity contribution in [3.8, 4) is 0 Å². The van der Waals surface area contributed by atoms with Gasteiger partial charge in [-0.3, -0.25) is 9.78 Å². The molecule has 1 N–H and O–H groups in total. The molecule has 2 aromatic heterocycles. The molecule has 4 aromatic rings. The van der Waals surface area contributed by atoms with Crippen LogP contribution in [-0.2, 0) is 5.75 Å². The van der Waals surface area contributed by atoms with E-state index in [1.807, 2.05) is 55.5 Å². The van der Waals surface area contributed by atoms with Crippen LogP contribution < -0.4 is 10.1 Å². The van der Waals surface area contributed by atoms with E-state index >= 15 is 0 Å². The number of aromatic amines is 1. The fourth-order valence-corrected chi connectivity index (χ4v) is 3.61. The van der Waals surface area contributed by atoms with Gasteiger partial charge in [0.05, 0.1) is 5.39 Å². The first-order chi connectivity index (χ1) is 12.1. The maximum absolute atomic E-state index is 12.6. The first-order valence-corrected chi connectivity index (χ1v) is 9.07. The van der Waals surface area contributed by atoms with Crippen molar-refractivity contribution in [2.45, 2.75) is 17.8 Å². The zero-order valence-electron chi connectivity index (χ0n) is 13.4. The van der Waals surface area contributed by atoms with E-state index in [0.29, 0.717) is 27.3 Å². The highest BCUT2D eigenvalue weighted by molar-refractivity contribution is 7.98. The first kappa shape index (κ1) is 16.1. The quantitative estimate of drug-likeness (QED) is 0.342. The number of benzene rings is 2. The van der Waals surface area contributed by atoms with Crippen molar-refractivity contribution >= 4 is 39.8 Å². The van der Waals surface area contributed by atoms with Crippen LogP contribution in [0.25, 0.3) is 16.4 Å². The Hall–Kier alpha value is -2.44. The largest absolute Gasteiger partial charge is 0.321 e. The van der Waals surface area contributed by atoms with Gasteiger partial charge in [-0.05, 0) is 34.8 Å². The Balaban J connectivity index is 1.76. The monoisotopic (exact) mass is 369 g/mol. The zero-order chi connectivity index (χ0) is 17.4. The van der Waals surface area contributed by atoms with Crippen LogP contribution in [0.5, 0.6) is 0 Å². The Morgan fingerprint density at radius 1 is 1.16 bits per heavy atom. The second kappa shape index (κ2) is 6.46. The van der Waals surface area contributed by atoms with E-state index in [0.717, 1.165) is 16.5 Å². The number of aryl methyl sites for hydroxylation is 1. The van der Waals surface area contributed by atoms with Crippen molar-refractivity contribution in [3.63, 3.8) is 0 Å². The molecule has 0 aliphatic heterocycles. The number of hydrogen-bond donors (Lipinski definition) is 1. The van der Waals surface area contributed by atoms with Crippen LogP contribution in [-0.4, -0.2) is 15.1 Å². The summed E-state index contributed by atoms with van der Waals surface area (Å²) < 4.78 is 1.62. The van der Waals surface area contributed by atoms with Crippen molar-refractivity contribution in [1.82, 2.24) is 15.1 Å². The number of hydrogen-bond acceptors (Lipinski definition) is 4. The molecule has 0 saturated heterocycles. The number of rotatable bonds is 3. The molecular weight excluding hydrogens is 356 g/mol. The van der Waals surface area contributed by atoms with Crippen molar-refractivity contribution in [1.29, 1.82) is 0 Å². The summed E-state index contributed by atoms with van der Waals surface area (Å²) in [6.45, 7) is 1.85. The first-order valence-electron chi connectivity index (χ1n) is 7.71. The second-order valence-corrected chi connectivity index (χ2v) is 7.01. The lowest BCUT2D eigenvalue weighted by Crippen LogP contribution is -2.38. The third-order valence-electron chi connectivity index (χ3n) is 3.87. The van der Waals surface area contributed by atoms with Crippen LogP contribution in [0, 0.1) is 6.92 Å². The van der Waals surface area contributed by atoms with Gasteiger partial charge >= 0.3 is 11.4 Å². The maximum atomic E-state index is 12.6. The molecule has 4 rings (SSSR count). The smallest absolute Gasteiger partial charge is 0.295 e. The molecule has 0 spiro atoms. The topological polar surface area (TPSA) is 62.7 Å². The molecule has 2 heterocycles. The number of fused-ring (bicyclic) bond motifs is 3. The fraction of sp³-hybridized carbons (Fsp3) is 0.111. The lowest BCUT2D eigenvalue weighted by Gasteiger charge is -2.03. The van der Waals surface area contributed by atoms with Gasteiger partial charge < -0.3 is 0 Å². The van der Waals surface area contributed by atoms with E-state index in [1.54, 1.807) is 4.52 Å². The molecule has 0 bridgehead atoms. The number of halogens is 1. The van der Waals surface area contributed by atoms with Gasteiger partial charge in [-0.25, -0.2) is 0 Å². The van der Waals surface area contributed by atoms with Crippen LogP contribution in [0.15, 0.2) is 58.5 Å². The third-order valence-corrected chi connectivity index (χ3v) is 5.06. The predicted molar refractivity (Wildman–Crippen MR) is 99.1 cm³/mol. The van der Waals surface area contributed by atoms with Gasteiger partial charge in [0, 0.05) is 17.7 Å². The maximum Gasteiger partial charge on any atom is 0.321 e. The molecule has 5 nitrogen and oxygen atoms in total. The van der Waals surface area contributed by atoms with Crippen LogP contribution in [0.4, 0.5) is 0 Å². The molecule has 0 unspecified atom stereocenters. The molecule has 0 amide bonds. The molecular formula is C18H14ClN4OS+. The summed E-state index contributed by atoms with van der Waals surface area (Å²) in [5.74, 6) is 1.36. The van der Waals surface area contributed by atoms with Crippen molar-refractivity contribution in [2.75, 3.05) is 0 Å². The van der Waals surface area contributed by atoms with Crippen LogP contribution in [0.1, 0.15) is 11.4 Å². The highest BCUT2D eigenvalue weighted by atomic mass is 35.5. The van der Waals surface area contributed by atoms with Crippen molar-refractivity contribution in [2.24, 2.45) is 0 Å². The summed E-state index contributed by atoms with van der Waals surface area (Å²) in [6, 6.07) is 15.2. The van der Waals surface area contributed by atoms with E-state index in [2.05, 4.69) is 15.1 Å². The Kier molecular flexibility index (Phi) is 4.15. The predicted octanol–water partition coefficient (Wildman–Crippen LogP) is 3.31. The van der Waals surface area contributed by atoms with Gasteiger partial charge in [0.15, 0.2) is 5.52 Å². The van der Waals surface area contributed by atoms with E-state index in [4.69, 9.17) is 11.6 Å². The molecule has 0 aliphatic rings. The average Bonchev–Trinajstić information content (AvgIpc) is 2.61. The summed E-state index contributed by atoms with van der Waals surface area (Å²) in [7, 11) is 0.